The Bertz CT molecular complexity index is 1590. The third-order valence-electron chi connectivity index (χ3n) is 7.44. The van der Waals surface area contributed by atoms with Crippen molar-refractivity contribution in [2.24, 2.45) is 5.41 Å². The molecule has 42 heavy (non-hydrogen) atoms. The highest BCUT2D eigenvalue weighted by molar-refractivity contribution is 6.31. The number of rotatable bonds is 7. The number of carbonyl (C=O) groups excluding carboxylic acids is 1. The molecule has 2 unspecified atom stereocenters. The number of carboxylic acid groups (broad SMARTS) is 1. The minimum atomic E-state index is -1.78. The van der Waals surface area contributed by atoms with Crippen molar-refractivity contribution in [1.29, 1.82) is 5.26 Å². The van der Waals surface area contributed by atoms with Crippen LogP contribution in [0.3, 0.4) is 0 Å². The SMILES string of the molecule is COc1cc(C(=O)O)ccc1NC(=O)[C@@H]1NC(CC(C)(C)C)C(C#N)(c2ccc(Cl)cc2F)[C@H]1c1cccc(Cl)c1F. The summed E-state index contributed by atoms with van der Waals surface area (Å²) in [6.07, 6.45) is 0.307. The van der Waals surface area contributed by atoms with E-state index in [-0.39, 0.29) is 38.2 Å². The van der Waals surface area contributed by atoms with E-state index in [0.717, 1.165) is 6.07 Å². The second-order valence-corrected chi connectivity index (χ2v) is 12.2. The molecule has 4 rings (SSSR count). The Labute approximate surface area is 252 Å². The van der Waals surface area contributed by atoms with E-state index in [0.29, 0.717) is 6.42 Å². The first-order chi connectivity index (χ1) is 19.7. The van der Waals surface area contributed by atoms with Crippen LogP contribution in [0, 0.1) is 28.4 Å². The number of anilines is 1. The Morgan fingerprint density at radius 2 is 1.86 bits per heavy atom. The predicted molar refractivity (Wildman–Crippen MR) is 156 cm³/mol. The highest BCUT2D eigenvalue weighted by Crippen LogP contribution is 2.53. The van der Waals surface area contributed by atoms with Crippen molar-refractivity contribution < 1.29 is 28.2 Å². The molecule has 220 valence electrons. The van der Waals surface area contributed by atoms with Gasteiger partial charge in [-0.1, -0.05) is 62.2 Å². The Morgan fingerprint density at radius 3 is 2.45 bits per heavy atom. The first kappa shape index (κ1) is 31.2. The third-order valence-corrected chi connectivity index (χ3v) is 7.96. The van der Waals surface area contributed by atoms with Crippen molar-refractivity contribution in [3.05, 3.63) is 93.0 Å². The Morgan fingerprint density at radius 1 is 1.14 bits per heavy atom. The normalized spacial score (nSPS) is 21.9. The molecule has 0 aromatic heterocycles. The lowest BCUT2D eigenvalue weighted by atomic mass is 9.62. The Hall–Kier alpha value is -3.71. The number of amides is 1. The van der Waals surface area contributed by atoms with Crippen LogP contribution >= 0.6 is 23.2 Å². The van der Waals surface area contributed by atoms with Crippen LogP contribution in [-0.2, 0) is 10.2 Å². The van der Waals surface area contributed by atoms with Gasteiger partial charge in [-0.05, 0) is 53.8 Å². The lowest BCUT2D eigenvalue weighted by Gasteiger charge is -2.37. The van der Waals surface area contributed by atoms with Gasteiger partial charge in [-0.15, -0.1) is 0 Å². The summed E-state index contributed by atoms with van der Waals surface area (Å²) in [5.74, 6) is -4.65. The van der Waals surface area contributed by atoms with Crippen LogP contribution in [0.1, 0.15) is 54.6 Å². The molecule has 0 saturated carbocycles. The van der Waals surface area contributed by atoms with Crippen molar-refractivity contribution in [2.45, 2.75) is 50.6 Å². The molecule has 1 aliphatic heterocycles. The van der Waals surface area contributed by atoms with E-state index >= 15 is 8.78 Å². The van der Waals surface area contributed by atoms with E-state index in [1.165, 1.54) is 55.6 Å². The Kier molecular flexibility index (Phi) is 8.84. The van der Waals surface area contributed by atoms with Crippen molar-refractivity contribution >= 4 is 40.8 Å². The topological polar surface area (TPSA) is 111 Å². The lowest BCUT2D eigenvalue weighted by molar-refractivity contribution is -0.118. The van der Waals surface area contributed by atoms with Crippen LogP contribution < -0.4 is 15.4 Å². The zero-order valence-electron chi connectivity index (χ0n) is 23.3. The van der Waals surface area contributed by atoms with E-state index in [2.05, 4.69) is 16.7 Å². The molecule has 1 saturated heterocycles. The van der Waals surface area contributed by atoms with Gasteiger partial charge in [-0.3, -0.25) is 4.79 Å². The highest BCUT2D eigenvalue weighted by atomic mass is 35.5. The summed E-state index contributed by atoms with van der Waals surface area (Å²) in [7, 11) is 1.32. The molecule has 3 N–H and O–H groups in total. The summed E-state index contributed by atoms with van der Waals surface area (Å²) >= 11 is 12.2. The van der Waals surface area contributed by atoms with Gasteiger partial charge in [0, 0.05) is 22.5 Å². The lowest BCUT2D eigenvalue weighted by Crippen LogP contribution is -2.45. The maximum Gasteiger partial charge on any atom is 0.335 e. The van der Waals surface area contributed by atoms with E-state index in [1.54, 1.807) is 0 Å². The number of nitrogens with one attached hydrogen (secondary N) is 2. The molecule has 11 heteroatoms. The van der Waals surface area contributed by atoms with E-state index in [4.69, 9.17) is 27.9 Å². The van der Waals surface area contributed by atoms with Crippen molar-refractivity contribution in [2.75, 3.05) is 12.4 Å². The largest absolute Gasteiger partial charge is 0.495 e. The highest BCUT2D eigenvalue weighted by Gasteiger charge is 2.61. The number of hydrogen-bond donors (Lipinski definition) is 3. The number of aromatic carboxylic acids is 1. The van der Waals surface area contributed by atoms with E-state index in [9.17, 15) is 20.0 Å². The summed E-state index contributed by atoms with van der Waals surface area (Å²) in [4.78, 5) is 25.5. The average Bonchev–Trinajstić information content (AvgIpc) is 3.23. The molecule has 1 amide bonds. The van der Waals surface area contributed by atoms with Gasteiger partial charge in [0.1, 0.15) is 22.8 Å². The summed E-state index contributed by atoms with van der Waals surface area (Å²) in [6, 6.07) is 12.3. The van der Waals surface area contributed by atoms with Gasteiger partial charge in [0.2, 0.25) is 5.91 Å². The quantitative estimate of drug-likeness (QED) is 0.265. The fourth-order valence-electron chi connectivity index (χ4n) is 5.69. The fraction of sp³-hybridized carbons (Fsp3) is 0.323. The standard InChI is InChI=1S/C31H29Cl2F2N3O4/c1-30(2,3)14-24-31(15-36,19-10-9-17(32)13-21(19)34)25(18-6-5-7-20(33)26(18)35)27(38-24)28(39)37-22-11-8-16(29(40)41)12-23(22)42-4/h5-13,24-25,27,38H,14H2,1-4H3,(H,37,39)(H,40,41)/t24?,25-,27+,31?/m0/s1. The van der Waals surface area contributed by atoms with Gasteiger partial charge in [-0.2, -0.15) is 5.26 Å². The number of carboxylic acids is 1. The van der Waals surface area contributed by atoms with Gasteiger partial charge >= 0.3 is 5.97 Å². The number of nitriles is 1. The van der Waals surface area contributed by atoms with Crippen LogP contribution in [0.2, 0.25) is 10.0 Å². The predicted octanol–water partition coefficient (Wildman–Crippen LogP) is 6.94. The molecular weight excluding hydrogens is 587 g/mol. The minimum absolute atomic E-state index is 0.0424. The van der Waals surface area contributed by atoms with Gasteiger partial charge < -0.3 is 20.5 Å². The van der Waals surface area contributed by atoms with Crippen LogP contribution in [-0.4, -0.2) is 36.2 Å². The van der Waals surface area contributed by atoms with Gasteiger partial charge in [0.05, 0.1) is 35.5 Å². The molecule has 0 spiro atoms. The molecule has 0 radical (unpaired) electrons. The minimum Gasteiger partial charge on any atom is -0.495 e. The fourth-order valence-corrected chi connectivity index (χ4v) is 6.04. The molecule has 3 aromatic carbocycles. The number of nitrogens with zero attached hydrogens (tertiary/aromatic N) is 1. The number of hydrogen-bond acceptors (Lipinski definition) is 5. The molecule has 1 aliphatic rings. The summed E-state index contributed by atoms with van der Waals surface area (Å²) in [5.41, 5.74) is -2.18. The van der Waals surface area contributed by atoms with Crippen molar-refractivity contribution in [1.82, 2.24) is 5.32 Å². The summed E-state index contributed by atoms with van der Waals surface area (Å²) in [5, 5.41) is 26.1. The van der Waals surface area contributed by atoms with E-state index in [1.807, 2.05) is 20.8 Å². The van der Waals surface area contributed by atoms with Gasteiger partial charge in [0.25, 0.3) is 0 Å². The first-order valence-electron chi connectivity index (χ1n) is 13.0. The average molecular weight is 616 g/mol. The second-order valence-electron chi connectivity index (χ2n) is 11.4. The molecule has 3 aromatic rings. The first-order valence-corrected chi connectivity index (χ1v) is 13.8. The summed E-state index contributed by atoms with van der Waals surface area (Å²) in [6.45, 7) is 5.81. The summed E-state index contributed by atoms with van der Waals surface area (Å²) < 4.78 is 36.8. The number of halogens is 4. The van der Waals surface area contributed by atoms with E-state index < -0.39 is 52.3 Å². The van der Waals surface area contributed by atoms with Gasteiger partial charge in [-0.25, -0.2) is 13.6 Å². The van der Waals surface area contributed by atoms with Crippen LogP contribution in [0.15, 0.2) is 54.6 Å². The number of carbonyl (C=O) groups is 2. The molecule has 4 atom stereocenters. The smallest absolute Gasteiger partial charge is 0.335 e. The zero-order valence-corrected chi connectivity index (χ0v) is 24.8. The molecular formula is C31H29Cl2F2N3O4. The molecule has 0 aliphatic carbocycles. The number of benzene rings is 3. The van der Waals surface area contributed by atoms with Crippen LogP contribution in [0.5, 0.6) is 5.75 Å². The second kappa shape index (κ2) is 11.9. The monoisotopic (exact) mass is 615 g/mol. The third kappa shape index (κ3) is 5.80. The zero-order chi connectivity index (χ0) is 31.0. The number of ether oxygens (including phenoxy) is 1. The molecule has 0 bridgehead atoms. The molecule has 1 heterocycles. The number of methoxy groups -OCH3 is 1. The molecule has 7 nitrogen and oxygen atoms in total. The maximum atomic E-state index is 15.8. The van der Waals surface area contributed by atoms with Crippen molar-refractivity contribution in [3.63, 3.8) is 0 Å². The maximum absolute atomic E-state index is 15.8. The van der Waals surface area contributed by atoms with Crippen molar-refractivity contribution in [3.8, 4) is 11.8 Å². The van der Waals surface area contributed by atoms with Crippen LogP contribution in [0.25, 0.3) is 0 Å². The van der Waals surface area contributed by atoms with Crippen LogP contribution in [0.4, 0.5) is 14.5 Å². The Balaban J connectivity index is 1.95. The molecule has 1 fully saturated rings. The van der Waals surface area contributed by atoms with Gasteiger partial charge in [0.15, 0.2) is 0 Å².